The molecule has 1 aliphatic carbocycles. The van der Waals surface area contributed by atoms with Crippen molar-refractivity contribution in [2.45, 2.75) is 19.3 Å². The first-order valence-electron chi connectivity index (χ1n) is 7.78. The van der Waals surface area contributed by atoms with Crippen LogP contribution in [0.2, 0.25) is 5.02 Å². The maximum absolute atomic E-state index is 12.2. The number of likely N-dealkylation sites (tertiary alicyclic amines) is 1. The quantitative estimate of drug-likeness (QED) is 0.792. The van der Waals surface area contributed by atoms with Gasteiger partial charge in [0.1, 0.15) is 5.75 Å². The summed E-state index contributed by atoms with van der Waals surface area (Å²) in [5, 5.41) is 0.634. The first-order valence-corrected chi connectivity index (χ1v) is 8.16. The summed E-state index contributed by atoms with van der Waals surface area (Å²) in [6.07, 6.45) is 2.61. The molecule has 1 heterocycles. The maximum atomic E-state index is 12.2. The third-order valence-electron chi connectivity index (χ3n) is 4.96. The number of nitrogens with zero attached hydrogens (tertiary/aromatic N) is 1. The Bertz CT molecular complexity index is 593. The van der Waals surface area contributed by atoms with Crippen molar-refractivity contribution >= 4 is 23.5 Å². The fourth-order valence-corrected chi connectivity index (χ4v) is 3.47. The Hall–Kier alpha value is -1.75. The molecular formula is C17H20ClNO4. The molecule has 5 nitrogen and oxygen atoms in total. The molecule has 2 fully saturated rings. The van der Waals surface area contributed by atoms with E-state index in [0.717, 1.165) is 19.3 Å². The molecule has 124 valence electrons. The van der Waals surface area contributed by atoms with Gasteiger partial charge in [0.25, 0.3) is 5.91 Å². The molecular weight excluding hydrogens is 318 g/mol. The van der Waals surface area contributed by atoms with Crippen LogP contribution in [0.1, 0.15) is 19.3 Å². The number of esters is 1. The molecule has 1 aliphatic heterocycles. The number of amides is 1. The first kappa shape index (κ1) is 16.1. The molecule has 1 saturated heterocycles. The number of benzene rings is 1. The number of hydrogen-bond acceptors (Lipinski definition) is 4. The van der Waals surface area contributed by atoms with Gasteiger partial charge >= 0.3 is 5.97 Å². The minimum Gasteiger partial charge on any atom is -0.484 e. The lowest BCUT2D eigenvalue weighted by Crippen LogP contribution is -2.42. The van der Waals surface area contributed by atoms with Crippen LogP contribution in [0.4, 0.5) is 0 Å². The number of hydrogen-bond donors (Lipinski definition) is 0. The summed E-state index contributed by atoms with van der Waals surface area (Å²) in [5.74, 6) is 0.514. The van der Waals surface area contributed by atoms with E-state index in [1.807, 2.05) is 4.90 Å². The van der Waals surface area contributed by atoms with Gasteiger partial charge in [-0.2, -0.15) is 0 Å². The molecule has 1 saturated carbocycles. The molecule has 6 heteroatoms. The molecule has 0 bridgehead atoms. The maximum Gasteiger partial charge on any atom is 0.309 e. The van der Waals surface area contributed by atoms with Crippen molar-refractivity contribution in [1.82, 2.24) is 4.90 Å². The van der Waals surface area contributed by atoms with Gasteiger partial charge in [0.15, 0.2) is 6.61 Å². The molecule has 23 heavy (non-hydrogen) atoms. The Morgan fingerprint density at radius 3 is 2.52 bits per heavy atom. The first-order chi connectivity index (χ1) is 11.0. The van der Waals surface area contributed by atoms with Gasteiger partial charge in [-0.25, -0.2) is 0 Å². The predicted octanol–water partition coefficient (Wildman–Crippen LogP) is 2.52. The predicted molar refractivity (Wildman–Crippen MR) is 85.3 cm³/mol. The van der Waals surface area contributed by atoms with Crippen LogP contribution in [0.3, 0.4) is 0 Å². The number of carbonyl (C=O) groups is 2. The highest BCUT2D eigenvalue weighted by atomic mass is 35.5. The third kappa shape index (κ3) is 3.44. The highest BCUT2D eigenvalue weighted by Gasteiger charge is 2.59. The summed E-state index contributed by atoms with van der Waals surface area (Å²) in [7, 11) is 1.43. The standard InChI is InChI=1S/C17H20ClNO4/c1-22-16(21)14-10-17(14)6-8-19(9-7-17)15(20)11-23-13-4-2-12(18)3-5-13/h2-5,14H,6-11H2,1H3. The minimum atomic E-state index is -0.115. The van der Waals surface area contributed by atoms with Crippen molar-refractivity contribution in [1.29, 1.82) is 0 Å². The minimum absolute atomic E-state index is 0.0229. The van der Waals surface area contributed by atoms with Gasteiger partial charge < -0.3 is 14.4 Å². The topological polar surface area (TPSA) is 55.8 Å². The van der Waals surface area contributed by atoms with E-state index in [0.29, 0.717) is 23.9 Å². The number of ether oxygens (including phenoxy) is 2. The van der Waals surface area contributed by atoms with E-state index in [1.165, 1.54) is 7.11 Å². The van der Waals surface area contributed by atoms with E-state index in [2.05, 4.69) is 0 Å². The van der Waals surface area contributed by atoms with E-state index < -0.39 is 0 Å². The molecule has 1 atom stereocenters. The van der Waals surface area contributed by atoms with Crippen LogP contribution < -0.4 is 4.74 Å². The number of piperidine rings is 1. The van der Waals surface area contributed by atoms with E-state index in [-0.39, 0.29) is 29.8 Å². The fraction of sp³-hybridized carbons (Fsp3) is 0.529. The zero-order chi connectivity index (χ0) is 16.4. The van der Waals surface area contributed by atoms with Crippen molar-refractivity contribution in [3.05, 3.63) is 29.3 Å². The van der Waals surface area contributed by atoms with Crippen LogP contribution >= 0.6 is 11.6 Å². The van der Waals surface area contributed by atoms with Gasteiger partial charge in [0, 0.05) is 18.1 Å². The highest BCUT2D eigenvalue weighted by molar-refractivity contribution is 6.30. The zero-order valence-corrected chi connectivity index (χ0v) is 13.8. The Morgan fingerprint density at radius 1 is 1.26 bits per heavy atom. The Kier molecular flexibility index (Phi) is 4.48. The van der Waals surface area contributed by atoms with Crippen molar-refractivity contribution in [2.75, 3.05) is 26.8 Å². The number of halogens is 1. The third-order valence-corrected chi connectivity index (χ3v) is 5.22. The Morgan fingerprint density at radius 2 is 1.91 bits per heavy atom. The summed E-state index contributed by atoms with van der Waals surface area (Å²) in [6.45, 7) is 1.38. The largest absolute Gasteiger partial charge is 0.484 e. The second kappa shape index (κ2) is 6.40. The lowest BCUT2D eigenvalue weighted by Gasteiger charge is -2.32. The second-order valence-electron chi connectivity index (χ2n) is 6.27. The van der Waals surface area contributed by atoms with Gasteiger partial charge in [0.2, 0.25) is 0 Å². The summed E-state index contributed by atoms with van der Waals surface area (Å²) in [5.41, 5.74) is 0.0703. The Labute approximate surface area is 140 Å². The molecule has 1 aromatic rings. The van der Waals surface area contributed by atoms with Gasteiger partial charge in [-0.15, -0.1) is 0 Å². The normalized spacial score (nSPS) is 21.8. The van der Waals surface area contributed by atoms with E-state index in [9.17, 15) is 9.59 Å². The molecule has 0 radical (unpaired) electrons. The van der Waals surface area contributed by atoms with Crippen LogP contribution in [0.5, 0.6) is 5.75 Å². The van der Waals surface area contributed by atoms with E-state index in [1.54, 1.807) is 24.3 Å². The van der Waals surface area contributed by atoms with Crippen molar-refractivity contribution in [3.63, 3.8) is 0 Å². The highest BCUT2D eigenvalue weighted by Crippen LogP contribution is 2.59. The van der Waals surface area contributed by atoms with Crippen LogP contribution in [-0.4, -0.2) is 43.6 Å². The summed E-state index contributed by atoms with van der Waals surface area (Å²) < 4.78 is 10.3. The SMILES string of the molecule is COC(=O)C1CC12CCN(C(=O)COc1ccc(Cl)cc1)CC2. The van der Waals surface area contributed by atoms with E-state index >= 15 is 0 Å². The van der Waals surface area contributed by atoms with Gasteiger partial charge in [-0.1, -0.05) is 11.6 Å². The summed E-state index contributed by atoms with van der Waals surface area (Å²) in [6, 6.07) is 6.94. The molecule has 2 aliphatic rings. The summed E-state index contributed by atoms with van der Waals surface area (Å²) in [4.78, 5) is 25.7. The lowest BCUT2D eigenvalue weighted by molar-refractivity contribution is -0.143. The molecule has 0 aromatic heterocycles. The lowest BCUT2D eigenvalue weighted by atomic mass is 9.91. The van der Waals surface area contributed by atoms with Crippen LogP contribution in [-0.2, 0) is 14.3 Å². The van der Waals surface area contributed by atoms with Crippen LogP contribution in [0, 0.1) is 11.3 Å². The van der Waals surface area contributed by atoms with Gasteiger partial charge in [-0.3, -0.25) is 9.59 Å². The molecule has 3 rings (SSSR count). The molecule has 0 N–H and O–H groups in total. The molecule has 1 spiro atoms. The van der Waals surface area contributed by atoms with Crippen molar-refractivity contribution in [3.8, 4) is 5.75 Å². The average molecular weight is 338 g/mol. The number of carbonyl (C=O) groups excluding carboxylic acids is 2. The van der Waals surface area contributed by atoms with Crippen molar-refractivity contribution < 1.29 is 19.1 Å². The zero-order valence-electron chi connectivity index (χ0n) is 13.1. The monoisotopic (exact) mass is 337 g/mol. The molecule has 1 aromatic carbocycles. The number of rotatable bonds is 4. The fourth-order valence-electron chi connectivity index (χ4n) is 3.34. The van der Waals surface area contributed by atoms with E-state index in [4.69, 9.17) is 21.1 Å². The van der Waals surface area contributed by atoms with Crippen LogP contribution in [0.25, 0.3) is 0 Å². The Balaban J connectivity index is 1.45. The average Bonchev–Trinajstić information content (AvgIpc) is 3.27. The molecule has 1 unspecified atom stereocenters. The second-order valence-corrected chi connectivity index (χ2v) is 6.70. The van der Waals surface area contributed by atoms with Crippen LogP contribution in [0.15, 0.2) is 24.3 Å². The molecule has 1 amide bonds. The van der Waals surface area contributed by atoms with Gasteiger partial charge in [-0.05, 0) is 48.9 Å². The smallest absolute Gasteiger partial charge is 0.309 e. The summed E-state index contributed by atoms with van der Waals surface area (Å²) >= 11 is 5.81. The number of methoxy groups -OCH3 is 1. The van der Waals surface area contributed by atoms with Crippen molar-refractivity contribution in [2.24, 2.45) is 11.3 Å². The van der Waals surface area contributed by atoms with Gasteiger partial charge in [0.05, 0.1) is 13.0 Å².